The molecule has 1 aliphatic rings. The van der Waals surface area contributed by atoms with Crippen LogP contribution in [0, 0.1) is 5.92 Å². The molecule has 0 radical (unpaired) electrons. The fraction of sp³-hybridized carbons (Fsp3) is 0.617. The molecular weight excluding hydrogens is 1090 g/mol. The Kier molecular flexibility index (Phi) is 27.4. The van der Waals surface area contributed by atoms with Crippen molar-refractivity contribution in [3.63, 3.8) is 0 Å². The predicted molar refractivity (Wildman–Crippen MR) is 311 cm³/mol. The van der Waals surface area contributed by atoms with E-state index in [4.69, 9.17) is 19.9 Å². The molecule has 10 N–H and O–H groups in total. The van der Waals surface area contributed by atoms with Crippen LogP contribution in [0.4, 0.5) is 0 Å². The van der Waals surface area contributed by atoms with Gasteiger partial charge in [0.15, 0.2) is 0 Å². The van der Waals surface area contributed by atoms with Crippen molar-refractivity contribution in [3.05, 3.63) is 71.8 Å². The summed E-state index contributed by atoms with van der Waals surface area (Å²) in [4.78, 5) is 151. The number of nitrogens with zero attached hydrogens (tertiary/aromatic N) is 1. The second-order valence-electron chi connectivity index (χ2n) is 24.6. The van der Waals surface area contributed by atoms with E-state index in [0.717, 1.165) is 0 Å². The third-order valence-electron chi connectivity index (χ3n) is 12.9. The normalized spacial score (nSPS) is 16.4. The van der Waals surface area contributed by atoms with Crippen molar-refractivity contribution < 1.29 is 72.1 Å². The Morgan fingerprint density at radius 1 is 0.548 bits per heavy atom. The van der Waals surface area contributed by atoms with Gasteiger partial charge >= 0.3 is 17.9 Å². The SMILES string of the molecule is CC(C)C[C@H](NC(=O)[C@@H]1CCCN1C(=O)[C@H](Cc1ccccc1)NC(=O)[C@H](C)NC(=O)[C@H](CCC(=O)OC(C)(C)C)NC(=O)[C@H](C)NC(=O)[C@@H](N)COC(C)(C)C)C(=O)N[C@@H](CCC(=O)OC(C)(C)C)C(=O)N[C@@H](Cc1ccccc1)C(=O)O. The van der Waals surface area contributed by atoms with Gasteiger partial charge in [-0.15, -0.1) is 0 Å². The Hall–Kier alpha value is -7.47. The predicted octanol–water partition coefficient (Wildman–Crippen LogP) is 2.41. The van der Waals surface area contributed by atoms with Crippen LogP contribution < -0.4 is 43.0 Å². The summed E-state index contributed by atoms with van der Waals surface area (Å²) < 4.78 is 16.4. The Balaban J connectivity index is 1.86. The minimum absolute atomic E-state index is 0.0553. The van der Waals surface area contributed by atoms with Crippen LogP contribution in [0.25, 0.3) is 0 Å². The summed E-state index contributed by atoms with van der Waals surface area (Å²) in [6, 6.07) is 5.58. The molecule has 9 atom stereocenters. The number of carboxylic acid groups (broad SMARTS) is 1. The molecule has 0 spiro atoms. The van der Waals surface area contributed by atoms with E-state index in [1.54, 1.807) is 137 Å². The molecule has 1 aliphatic heterocycles. The summed E-state index contributed by atoms with van der Waals surface area (Å²) in [5, 5.41) is 28.3. The van der Waals surface area contributed by atoms with Gasteiger partial charge in [0, 0.05) is 32.2 Å². The molecule has 1 heterocycles. The van der Waals surface area contributed by atoms with E-state index in [-0.39, 0.29) is 70.4 Å². The van der Waals surface area contributed by atoms with Gasteiger partial charge in [-0.1, -0.05) is 74.5 Å². The van der Waals surface area contributed by atoms with E-state index < -0.39 is 136 Å². The van der Waals surface area contributed by atoms with Gasteiger partial charge in [0.25, 0.3) is 0 Å². The van der Waals surface area contributed by atoms with Crippen molar-refractivity contribution in [1.82, 2.24) is 42.1 Å². The highest BCUT2D eigenvalue weighted by molar-refractivity contribution is 5.98. The highest BCUT2D eigenvalue weighted by atomic mass is 16.6. The summed E-state index contributed by atoms with van der Waals surface area (Å²) in [6.07, 6.45) is -0.776. The number of carboxylic acids is 1. The molecule has 0 aromatic heterocycles. The average molecular weight is 1180 g/mol. The van der Waals surface area contributed by atoms with Crippen LogP contribution in [0.5, 0.6) is 0 Å². The van der Waals surface area contributed by atoms with Gasteiger partial charge in [-0.05, 0) is 125 Å². The van der Waals surface area contributed by atoms with Crippen molar-refractivity contribution in [2.75, 3.05) is 13.2 Å². The molecule has 8 amide bonds. The molecule has 2 aromatic rings. The van der Waals surface area contributed by atoms with E-state index in [1.165, 1.54) is 18.7 Å². The van der Waals surface area contributed by atoms with E-state index in [0.29, 0.717) is 17.5 Å². The Morgan fingerprint density at radius 2 is 0.964 bits per heavy atom. The largest absolute Gasteiger partial charge is 0.480 e. The average Bonchev–Trinajstić information content (AvgIpc) is 4.13. The highest BCUT2D eigenvalue weighted by Crippen LogP contribution is 2.22. The molecule has 0 bridgehead atoms. The number of hydrogen-bond donors (Lipinski definition) is 9. The van der Waals surface area contributed by atoms with E-state index >= 15 is 0 Å². The minimum atomic E-state index is -1.46. The van der Waals surface area contributed by atoms with Gasteiger partial charge < -0.3 is 67.2 Å². The minimum Gasteiger partial charge on any atom is -0.480 e. The Morgan fingerprint density at radius 3 is 1.42 bits per heavy atom. The van der Waals surface area contributed by atoms with Crippen LogP contribution in [0.1, 0.15) is 146 Å². The molecule has 0 saturated carbocycles. The monoisotopic (exact) mass is 1180 g/mol. The maximum absolute atomic E-state index is 14.8. The first kappa shape index (κ1) is 70.8. The first-order valence-corrected chi connectivity index (χ1v) is 28.6. The topological polar surface area (TPSA) is 349 Å². The van der Waals surface area contributed by atoms with E-state index in [1.807, 2.05) is 0 Å². The Bertz CT molecular complexity index is 2580. The lowest BCUT2D eigenvalue weighted by molar-refractivity contribution is -0.156. The molecule has 24 heteroatoms. The van der Waals surface area contributed by atoms with Crippen molar-refractivity contribution >= 4 is 65.2 Å². The summed E-state index contributed by atoms with van der Waals surface area (Å²) in [6.45, 7) is 21.6. The number of aliphatic carboxylic acids is 1. The number of amides is 8. The molecular formula is C60H91N9O15. The van der Waals surface area contributed by atoms with Crippen LogP contribution in [0.15, 0.2) is 60.7 Å². The van der Waals surface area contributed by atoms with Crippen molar-refractivity contribution in [2.45, 2.75) is 219 Å². The second kappa shape index (κ2) is 32.6. The van der Waals surface area contributed by atoms with Gasteiger partial charge in [0.05, 0.1) is 12.2 Å². The smallest absolute Gasteiger partial charge is 0.326 e. The molecule has 0 unspecified atom stereocenters. The number of ether oxygens (including phenoxy) is 3. The molecule has 84 heavy (non-hydrogen) atoms. The molecule has 0 aliphatic carbocycles. The lowest BCUT2D eigenvalue weighted by Crippen LogP contribution is -2.60. The van der Waals surface area contributed by atoms with Crippen molar-refractivity contribution in [2.24, 2.45) is 11.7 Å². The number of carbonyl (C=O) groups is 11. The Labute approximate surface area is 493 Å². The standard InChI is InChI=1S/C60H91N9O15/c1-35(2)31-43(54(77)65-42(27-29-48(71)84-60(11,12)13)53(76)68-45(57(80)81)33-39-23-18-15-19-24-39)66-55(78)46-25-20-30-69(46)56(79)44(32-38-21-16-14-17-22-38)67-50(73)37(4)63-52(75)41(26-28-47(70)83-59(8,9)10)64-49(72)36(3)62-51(74)40(61)34-82-58(5,6)7/h14-19,21-24,35-37,40-46H,20,25-34,61H2,1-13H3,(H,62,74)(H,63,75)(H,64,72)(H,65,77)(H,66,78)(H,67,73)(H,68,76)(H,80,81)/t36-,37-,40-,41-,42-,43-,44-,45-,46-/m0/s1. The summed E-state index contributed by atoms with van der Waals surface area (Å²) >= 11 is 0. The highest BCUT2D eigenvalue weighted by Gasteiger charge is 2.41. The van der Waals surface area contributed by atoms with Crippen LogP contribution in [-0.2, 0) is 79.8 Å². The fourth-order valence-corrected chi connectivity index (χ4v) is 8.74. The van der Waals surface area contributed by atoms with Crippen LogP contribution >= 0.6 is 0 Å². The van der Waals surface area contributed by atoms with E-state index in [2.05, 4.69) is 37.2 Å². The molecule has 3 rings (SSSR count). The number of carbonyl (C=O) groups excluding carboxylic acids is 10. The molecule has 466 valence electrons. The van der Waals surface area contributed by atoms with Gasteiger partial charge in [-0.3, -0.25) is 47.9 Å². The van der Waals surface area contributed by atoms with Crippen LogP contribution in [0.2, 0.25) is 0 Å². The number of nitrogens with one attached hydrogen (secondary N) is 7. The second-order valence-corrected chi connectivity index (χ2v) is 24.6. The quantitative estimate of drug-likeness (QED) is 0.0507. The summed E-state index contributed by atoms with van der Waals surface area (Å²) in [7, 11) is 0. The van der Waals surface area contributed by atoms with Crippen molar-refractivity contribution in [1.29, 1.82) is 0 Å². The molecule has 1 saturated heterocycles. The number of hydrogen-bond acceptors (Lipinski definition) is 15. The lowest BCUT2D eigenvalue weighted by atomic mass is 10.0. The first-order chi connectivity index (χ1) is 39.0. The number of esters is 2. The zero-order chi connectivity index (χ0) is 63.3. The number of likely N-dealkylation sites (tertiary alicyclic amines) is 1. The summed E-state index contributed by atoms with van der Waals surface area (Å²) in [5.41, 5.74) is 4.93. The maximum atomic E-state index is 14.8. The maximum Gasteiger partial charge on any atom is 0.326 e. The molecule has 1 fully saturated rings. The van der Waals surface area contributed by atoms with E-state index in [9.17, 15) is 57.8 Å². The third-order valence-corrected chi connectivity index (χ3v) is 12.9. The van der Waals surface area contributed by atoms with Crippen LogP contribution in [0.3, 0.4) is 0 Å². The third kappa shape index (κ3) is 26.0. The first-order valence-electron chi connectivity index (χ1n) is 28.6. The fourth-order valence-electron chi connectivity index (χ4n) is 8.74. The van der Waals surface area contributed by atoms with Crippen LogP contribution in [-0.4, -0.2) is 160 Å². The zero-order valence-electron chi connectivity index (χ0n) is 51.0. The number of benzene rings is 2. The van der Waals surface area contributed by atoms with Crippen molar-refractivity contribution in [3.8, 4) is 0 Å². The van der Waals surface area contributed by atoms with Gasteiger partial charge in [-0.25, -0.2) is 4.79 Å². The number of nitrogens with two attached hydrogens (primary N) is 1. The zero-order valence-corrected chi connectivity index (χ0v) is 51.0. The lowest BCUT2D eigenvalue weighted by Gasteiger charge is -2.31. The van der Waals surface area contributed by atoms with Gasteiger partial charge in [0.1, 0.15) is 65.6 Å². The molecule has 2 aromatic carbocycles. The summed E-state index contributed by atoms with van der Waals surface area (Å²) in [5.74, 6) is -9.16. The molecule has 24 nitrogen and oxygen atoms in total. The number of rotatable bonds is 30. The van der Waals surface area contributed by atoms with Gasteiger partial charge in [-0.2, -0.15) is 0 Å². The van der Waals surface area contributed by atoms with Gasteiger partial charge in [0.2, 0.25) is 47.3 Å².